The average molecular weight is 259 g/mol. The van der Waals surface area contributed by atoms with Gasteiger partial charge in [0.25, 0.3) is 0 Å². The van der Waals surface area contributed by atoms with Crippen molar-refractivity contribution in [3.8, 4) is 0 Å². The van der Waals surface area contributed by atoms with Crippen LogP contribution in [0.3, 0.4) is 0 Å². The van der Waals surface area contributed by atoms with Gasteiger partial charge in [-0.1, -0.05) is 0 Å². The number of hydrogen-bond donors (Lipinski definition) is 1. The van der Waals surface area contributed by atoms with Crippen LogP contribution < -0.4 is 11.1 Å². The quantitative estimate of drug-likeness (QED) is 0.700. The van der Waals surface area contributed by atoms with Crippen LogP contribution >= 0.6 is 0 Å². The van der Waals surface area contributed by atoms with Gasteiger partial charge >= 0.3 is 5.76 Å². The van der Waals surface area contributed by atoms with Crippen LogP contribution in [0.1, 0.15) is 5.56 Å². The Bertz CT molecular complexity index is 712. The topological polar surface area (TPSA) is 73.2 Å². The van der Waals surface area contributed by atoms with Crippen molar-refractivity contribution in [2.75, 3.05) is 6.54 Å². The number of aromatic nitrogens is 2. The second-order valence-corrected chi connectivity index (χ2v) is 4.15. The molecule has 3 rings (SSSR count). The predicted molar refractivity (Wildman–Crippen MR) is 68.7 cm³/mol. The summed E-state index contributed by atoms with van der Waals surface area (Å²) < 4.78 is 11.6. The van der Waals surface area contributed by atoms with E-state index in [-0.39, 0.29) is 5.76 Å². The minimum absolute atomic E-state index is 0.376. The van der Waals surface area contributed by atoms with E-state index in [0.717, 1.165) is 5.56 Å². The number of rotatable bonds is 5. The molecule has 0 aromatic carbocycles. The number of pyridine rings is 1. The zero-order valence-corrected chi connectivity index (χ0v) is 10.2. The van der Waals surface area contributed by atoms with Crippen molar-refractivity contribution in [2.24, 2.45) is 0 Å². The normalized spacial score (nSPS) is 11.2. The lowest BCUT2D eigenvalue weighted by Gasteiger charge is -2.03. The van der Waals surface area contributed by atoms with Gasteiger partial charge in [0.05, 0.1) is 12.5 Å². The van der Waals surface area contributed by atoms with Gasteiger partial charge in [-0.2, -0.15) is 0 Å². The molecule has 6 heteroatoms. The van der Waals surface area contributed by atoms with Crippen molar-refractivity contribution >= 4 is 11.2 Å². The van der Waals surface area contributed by atoms with E-state index in [1.165, 1.54) is 4.57 Å². The zero-order chi connectivity index (χ0) is 13.1. The lowest BCUT2D eigenvalue weighted by molar-refractivity contribution is 0.492. The maximum Gasteiger partial charge on any atom is 0.421 e. The van der Waals surface area contributed by atoms with E-state index in [4.69, 9.17) is 8.83 Å². The fraction of sp³-hybridized carbons (Fsp3) is 0.231. The van der Waals surface area contributed by atoms with Crippen molar-refractivity contribution in [2.45, 2.75) is 13.1 Å². The molecule has 0 aliphatic heterocycles. The van der Waals surface area contributed by atoms with Gasteiger partial charge in [0.2, 0.25) is 0 Å². The summed E-state index contributed by atoms with van der Waals surface area (Å²) in [5.74, 6) is -0.376. The Morgan fingerprint density at radius 1 is 1.37 bits per heavy atom. The van der Waals surface area contributed by atoms with Crippen molar-refractivity contribution in [3.05, 3.63) is 53.0 Å². The molecule has 0 unspecified atom stereocenters. The molecular weight excluding hydrogens is 246 g/mol. The number of hydrogen-bond acceptors (Lipinski definition) is 5. The summed E-state index contributed by atoms with van der Waals surface area (Å²) in [4.78, 5) is 15.8. The largest absolute Gasteiger partial charge is 0.472 e. The molecule has 0 amide bonds. The molecule has 0 atom stereocenters. The van der Waals surface area contributed by atoms with Crippen LogP contribution in [0.2, 0.25) is 0 Å². The molecule has 0 spiro atoms. The maximum absolute atomic E-state index is 11.7. The minimum atomic E-state index is -0.376. The van der Waals surface area contributed by atoms with E-state index in [9.17, 15) is 4.79 Å². The van der Waals surface area contributed by atoms with Crippen LogP contribution in [0.15, 0.2) is 50.6 Å². The predicted octanol–water partition coefficient (Wildman–Crippen LogP) is 1.37. The van der Waals surface area contributed by atoms with Gasteiger partial charge in [0.15, 0.2) is 11.2 Å². The number of fused-ring (bicyclic) bond motifs is 1. The maximum atomic E-state index is 11.7. The fourth-order valence-electron chi connectivity index (χ4n) is 1.91. The fourth-order valence-corrected chi connectivity index (χ4v) is 1.91. The second kappa shape index (κ2) is 5.11. The van der Waals surface area contributed by atoms with Crippen LogP contribution in [0, 0.1) is 0 Å². The van der Waals surface area contributed by atoms with Crippen molar-refractivity contribution in [1.29, 1.82) is 0 Å². The van der Waals surface area contributed by atoms with Crippen LogP contribution in [-0.4, -0.2) is 16.1 Å². The summed E-state index contributed by atoms with van der Waals surface area (Å²) in [6, 6.07) is 5.37. The van der Waals surface area contributed by atoms with E-state index < -0.39 is 0 Å². The highest BCUT2D eigenvalue weighted by atomic mass is 16.4. The van der Waals surface area contributed by atoms with E-state index in [1.807, 2.05) is 6.07 Å². The highest BCUT2D eigenvalue weighted by molar-refractivity contribution is 5.67. The molecule has 0 radical (unpaired) electrons. The van der Waals surface area contributed by atoms with Crippen LogP contribution in [0.4, 0.5) is 0 Å². The molecule has 1 N–H and O–H groups in total. The number of nitrogens with zero attached hydrogens (tertiary/aromatic N) is 2. The van der Waals surface area contributed by atoms with Gasteiger partial charge in [0.1, 0.15) is 0 Å². The molecule has 98 valence electrons. The summed E-state index contributed by atoms with van der Waals surface area (Å²) in [6.45, 7) is 1.87. The van der Waals surface area contributed by atoms with Gasteiger partial charge in [-0.15, -0.1) is 0 Å². The molecule has 19 heavy (non-hydrogen) atoms. The molecule has 0 saturated heterocycles. The van der Waals surface area contributed by atoms with Crippen LogP contribution in [0.25, 0.3) is 11.2 Å². The minimum Gasteiger partial charge on any atom is -0.472 e. The molecular formula is C13H13N3O3. The third-order valence-corrected chi connectivity index (χ3v) is 2.85. The number of furan rings is 1. The first-order valence-corrected chi connectivity index (χ1v) is 6.01. The van der Waals surface area contributed by atoms with Crippen LogP contribution in [-0.2, 0) is 13.1 Å². The Kier molecular flexibility index (Phi) is 3.16. The Hall–Kier alpha value is -2.34. The first-order chi connectivity index (χ1) is 9.34. The monoisotopic (exact) mass is 259 g/mol. The zero-order valence-electron chi connectivity index (χ0n) is 10.2. The lowest BCUT2D eigenvalue weighted by Crippen LogP contribution is -2.24. The van der Waals surface area contributed by atoms with Crippen molar-refractivity contribution < 1.29 is 8.83 Å². The molecule has 3 aromatic heterocycles. The van der Waals surface area contributed by atoms with E-state index in [0.29, 0.717) is 30.9 Å². The molecule has 0 aliphatic rings. The summed E-state index contributed by atoms with van der Waals surface area (Å²) in [5, 5.41) is 3.23. The molecule has 6 nitrogen and oxygen atoms in total. The van der Waals surface area contributed by atoms with Crippen LogP contribution in [0.5, 0.6) is 0 Å². The van der Waals surface area contributed by atoms with Gasteiger partial charge in [-0.25, -0.2) is 9.78 Å². The van der Waals surface area contributed by atoms with Gasteiger partial charge in [-0.05, 0) is 18.2 Å². The highest BCUT2D eigenvalue weighted by Crippen LogP contribution is 2.07. The summed E-state index contributed by atoms with van der Waals surface area (Å²) in [7, 11) is 0. The molecule has 0 bridgehead atoms. The number of nitrogens with one attached hydrogen (secondary N) is 1. The molecule has 0 fully saturated rings. The first kappa shape index (κ1) is 11.7. The lowest BCUT2D eigenvalue weighted by atomic mass is 10.3. The Morgan fingerprint density at radius 3 is 3.16 bits per heavy atom. The van der Waals surface area contributed by atoms with E-state index in [2.05, 4.69) is 10.3 Å². The van der Waals surface area contributed by atoms with Crippen molar-refractivity contribution in [3.63, 3.8) is 0 Å². The molecule has 0 aliphatic carbocycles. The van der Waals surface area contributed by atoms with Gasteiger partial charge in [-0.3, -0.25) is 4.57 Å². The second-order valence-electron chi connectivity index (χ2n) is 4.15. The summed E-state index contributed by atoms with van der Waals surface area (Å²) in [5.41, 5.74) is 2.17. The molecule has 3 aromatic rings. The Balaban J connectivity index is 1.65. The van der Waals surface area contributed by atoms with E-state index >= 15 is 0 Å². The third-order valence-electron chi connectivity index (χ3n) is 2.85. The number of oxazole rings is 1. The third kappa shape index (κ3) is 2.43. The Labute approximate surface area is 108 Å². The summed E-state index contributed by atoms with van der Waals surface area (Å²) in [6.07, 6.45) is 4.97. The first-order valence-electron chi connectivity index (χ1n) is 6.01. The SMILES string of the molecule is O=c1oc2cccnc2n1CCNCc1ccoc1. The standard InChI is InChI=1S/C13H13N3O3/c17-13-16(12-11(19-13)2-1-4-15-12)6-5-14-8-10-3-7-18-9-10/h1-4,7,9,14H,5-6,8H2. The van der Waals surface area contributed by atoms with Crippen molar-refractivity contribution in [1.82, 2.24) is 14.9 Å². The molecule has 3 heterocycles. The Morgan fingerprint density at radius 2 is 2.32 bits per heavy atom. The van der Waals surface area contributed by atoms with Gasteiger partial charge < -0.3 is 14.2 Å². The van der Waals surface area contributed by atoms with E-state index in [1.54, 1.807) is 30.9 Å². The average Bonchev–Trinajstić information content (AvgIpc) is 3.02. The van der Waals surface area contributed by atoms with Gasteiger partial charge in [0, 0.05) is 31.4 Å². The smallest absolute Gasteiger partial charge is 0.421 e. The molecule has 0 saturated carbocycles. The summed E-state index contributed by atoms with van der Waals surface area (Å²) >= 11 is 0. The highest BCUT2D eigenvalue weighted by Gasteiger charge is 2.08.